The van der Waals surface area contributed by atoms with Crippen molar-refractivity contribution in [1.82, 2.24) is 15.2 Å². The minimum atomic E-state index is 0. The van der Waals surface area contributed by atoms with Crippen molar-refractivity contribution in [3.8, 4) is 0 Å². The quantitative estimate of drug-likeness (QED) is 0.272. The Labute approximate surface area is 176 Å². The number of rotatable bonds is 7. The minimum Gasteiger partial charge on any atom is -0.356 e. The molecule has 0 amide bonds. The van der Waals surface area contributed by atoms with Crippen molar-refractivity contribution in [3.05, 3.63) is 45.9 Å². The zero-order valence-electron chi connectivity index (χ0n) is 15.3. The highest BCUT2D eigenvalue weighted by Gasteiger charge is 2.07. The summed E-state index contributed by atoms with van der Waals surface area (Å²) in [5.41, 5.74) is 1.28. The Morgan fingerprint density at radius 3 is 2.60 bits per heavy atom. The predicted octanol–water partition coefficient (Wildman–Crippen LogP) is 4.30. The summed E-state index contributed by atoms with van der Waals surface area (Å²) in [6, 6.07) is 8.69. The van der Waals surface area contributed by atoms with Crippen LogP contribution >= 0.6 is 47.1 Å². The average molecular weight is 490 g/mol. The lowest BCUT2D eigenvalue weighted by molar-refractivity contribution is 0.477. The summed E-state index contributed by atoms with van der Waals surface area (Å²) in [5.74, 6) is 0.913. The third-order valence-electron chi connectivity index (χ3n) is 3.72. The van der Waals surface area contributed by atoms with Crippen molar-refractivity contribution < 1.29 is 0 Å². The molecule has 0 aliphatic carbocycles. The second-order valence-corrected chi connectivity index (χ2v) is 7.58. The van der Waals surface area contributed by atoms with E-state index in [0.29, 0.717) is 0 Å². The zero-order valence-corrected chi connectivity index (χ0v) is 19.2. The number of guanidine groups is 1. The van der Waals surface area contributed by atoms with Crippen LogP contribution in [-0.2, 0) is 19.4 Å². The standard InChI is InChI=1S/C18H26N4S2.HI/c1-5-15-12-21-17(24-15)10-11-20-18(19-2)22(3)13-14-6-8-16(23-4)9-7-14;/h6-9,12H,5,10-11,13H2,1-4H3,(H,19,20);1H. The van der Waals surface area contributed by atoms with Crippen LogP contribution in [0.3, 0.4) is 0 Å². The van der Waals surface area contributed by atoms with Gasteiger partial charge in [0.15, 0.2) is 5.96 Å². The molecule has 0 fully saturated rings. The van der Waals surface area contributed by atoms with Gasteiger partial charge in [-0.1, -0.05) is 19.1 Å². The van der Waals surface area contributed by atoms with Crippen LogP contribution in [0.25, 0.3) is 0 Å². The SMILES string of the molecule is CCc1cnc(CCNC(=NC)N(C)Cc2ccc(SC)cc2)s1.I. The average Bonchev–Trinajstić information content (AvgIpc) is 3.07. The molecule has 0 saturated carbocycles. The Morgan fingerprint density at radius 2 is 2.04 bits per heavy atom. The predicted molar refractivity (Wildman–Crippen MR) is 122 cm³/mol. The number of thioether (sulfide) groups is 1. The molecule has 0 aliphatic heterocycles. The van der Waals surface area contributed by atoms with Crippen LogP contribution in [-0.4, -0.2) is 42.7 Å². The molecule has 1 heterocycles. The van der Waals surface area contributed by atoms with Gasteiger partial charge >= 0.3 is 0 Å². The number of hydrogen-bond donors (Lipinski definition) is 1. The van der Waals surface area contributed by atoms with E-state index in [-0.39, 0.29) is 24.0 Å². The molecule has 25 heavy (non-hydrogen) atoms. The third-order valence-corrected chi connectivity index (χ3v) is 5.67. The number of nitrogens with zero attached hydrogens (tertiary/aromatic N) is 3. The largest absolute Gasteiger partial charge is 0.356 e. The second kappa shape index (κ2) is 11.7. The molecule has 138 valence electrons. The molecule has 0 radical (unpaired) electrons. The summed E-state index contributed by atoms with van der Waals surface area (Å²) in [4.78, 5) is 13.6. The molecule has 0 bridgehead atoms. The van der Waals surface area contributed by atoms with Gasteiger partial charge in [-0.15, -0.1) is 47.1 Å². The maximum absolute atomic E-state index is 4.46. The number of benzene rings is 1. The number of aryl methyl sites for hydroxylation is 1. The van der Waals surface area contributed by atoms with E-state index in [2.05, 4.69) is 64.7 Å². The van der Waals surface area contributed by atoms with E-state index in [4.69, 9.17) is 0 Å². The van der Waals surface area contributed by atoms with Gasteiger partial charge in [0, 0.05) is 49.6 Å². The highest BCUT2D eigenvalue weighted by molar-refractivity contribution is 14.0. The molecule has 1 N–H and O–H groups in total. The second-order valence-electron chi connectivity index (χ2n) is 5.50. The molecule has 0 saturated heterocycles. The van der Waals surface area contributed by atoms with E-state index in [1.165, 1.54) is 20.3 Å². The molecular formula is C18H27IN4S2. The van der Waals surface area contributed by atoms with E-state index < -0.39 is 0 Å². The summed E-state index contributed by atoms with van der Waals surface area (Å²) in [6.07, 6.45) is 6.07. The lowest BCUT2D eigenvalue weighted by Crippen LogP contribution is -2.39. The third kappa shape index (κ3) is 7.15. The molecular weight excluding hydrogens is 463 g/mol. The van der Waals surface area contributed by atoms with Crippen molar-refractivity contribution in [3.63, 3.8) is 0 Å². The van der Waals surface area contributed by atoms with Gasteiger partial charge < -0.3 is 10.2 Å². The van der Waals surface area contributed by atoms with Crippen LogP contribution < -0.4 is 5.32 Å². The van der Waals surface area contributed by atoms with E-state index in [9.17, 15) is 0 Å². The normalized spacial score (nSPS) is 11.1. The zero-order chi connectivity index (χ0) is 17.4. The van der Waals surface area contributed by atoms with Crippen molar-refractivity contribution in [2.24, 2.45) is 4.99 Å². The first-order chi connectivity index (χ1) is 11.7. The molecule has 7 heteroatoms. The summed E-state index contributed by atoms with van der Waals surface area (Å²) < 4.78 is 0. The number of aromatic nitrogens is 1. The number of aliphatic imine (C=N–C) groups is 1. The van der Waals surface area contributed by atoms with Crippen LogP contribution in [0.4, 0.5) is 0 Å². The Balaban J connectivity index is 0.00000312. The van der Waals surface area contributed by atoms with Gasteiger partial charge in [0.05, 0.1) is 5.01 Å². The van der Waals surface area contributed by atoms with Crippen LogP contribution in [0.2, 0.25) is 0 Å². The van der Waals surface area contributed by atoms with Crippen LogP contribution in [0, 0.1) is 0 Å². The van der Waals surface area contributed by atoms with Crippen molar-refractivity contribution >= 4 is 53.0 Å². The highest BCUT2D eigenvalue weighted by atomic mass is 127. The van der Waals surface area contributed by atoms with Crippen molar-refractivity contribution in [2.45, 2.75) is 31.2 Å². The number of thiazole rings is 1. The van der Waals surface area contributed by atoms with Gasteiger partial charge in [0.2, 0.25) is 0 Å². The van der Waals surface area contributed by atoms with Crippen LogP contribution in [0.15, 0.2) is 40.4 Å². The van der Waals surface area contributed by atoms with Gasteiger partial charge in [-0.2, -0.15) is 0 Å². The highest BCUT2D eigenvalue weighted by Crippen LogP contribution is 2.16. The number of halogens is 1. The molecule has 2 aromatic rings. The smallest absolute Gasteiger partial charge is 0.193 e. The van der Waals surface area contributed by atoms with E-state index in [1.54, 1.807) is 23.1 Å². The summed E-state index contributed by atoms with van der Waals surface area (Å²) >= 11 is 3.56. The Kier molecular flexibility index (Phi) is 10.4. The topological polar surface area (TPSA) is 40.5 Å². The van der Waals surface area contributed by atoms with Gasteiger partial charge in [-0.05, 0) is 30.4 Å². The monoisotopic (exact) mass is 490 g/mol. The molecule has 0 atom stereocenters. The Morgan fingerprint density at radius 1 is 1.32 bits per heavy atom. The maximum atomic E-state index is 4.46. The van der Waals surface area contributed by atoms with E-state index in [0.717, 1.165) is 31.9 Å². The first-order valence-corrected chi connectivity index (χ1v) is 10.2. The molecule has 1 aromatic heterocycles. The fraction of sp³-hybridized carbons (Fsp3) is 0.444. The summed E-state index contributed by atoms with van der Waals surface area (Å²) in [7, 11) is 3.89. The van der Waals surface area contributed by atoms with Crippen LogP contribution in [0.5, 0.6) is 0 Å². The number of hydrogen-bond acceptors (Lipinski definition) is 4. The van der Waals surface area contributed by atoms with Crippen molar-refractivity contribution in [2.75, 3.05) is 26.9 Å². The van der Waals surface area contributed by atoms with Gasteiger partial charge in [0.25, 0.3) is 0 Å². The summed E-state index contributed by atoms with van der Waals surface area (Å²) in [5, 5.41) is 4.61. The molecule has 0 spiro atoms. The van der Waals surface area contributed by atoms with Crippen molar-refractivity contribution in [1.29, 1.82) is 0 Å². The Bertz CT molecular complexity index is 655. The van der Waals surface area contributed by atoms with Gasteiger partial charge in [-0.25, -0.2) is 4.98 Å². The van der Waals surface area contributed by atoms with E-state index in [1.807, 2.05) is 13.2 Å². The molecule has 4 nitrogen and oxygen atoms in total. The lowest BCUT2D eigenvalue weighted by atomic mass is 10.2. The fourth-order valence-corrected chi connectivity index (χ4v) is 3.64. The fourth-order valence-electron chi connectivity index (χ4n) is 2.37. The first-order valence-electron chi connectivity index (χ1n) is 8.14. The lowest BCUT2D eigenvalue weighted by Gasteiger charge is -2.22. The van der Waals surface area contributed by atoms with Gasteiger partial charge in [0.1, 0.15) is 0 Å². The van der Waals surface area contributed by atoms with Crippen LogP contribution in [0.1, 0.15) is 22.4 Å². The molecule has 0 unspecified atom stereocenters. The van der Waals surface area contributed by atoms with Gasteiger partial charge in [-0.3, -0.25) is 4.99 Å². The van der Waals surface area contributed by atoms with E-state index >= 15 is 0 Å². The molecule has 0 aliphatic rings. The number of nitrogens with one attached hydrogen (secondary N) is 1. The first kappa shape index (κ1) is 22.2. The molecule has 2 rings (SSSR count). The Hall–Kier alpha value is -0.800. The minimum absolute atomic E-state index is 0. The summed E-state index contributed by atoms with van der Waals surface area (Å²) in [6.45, 7) is 3.85. The maximum Gasteiger partial charge on any atom is 0.193 e. The molecule has 1 aromatic carbocycles.